The second kappa shape index (κ2) is 6.89. The minimum Gasteiger partial charge on any atom is -0.494 e. The minimum atomic E-state index is 0.726. The molecular weight excluding hydrogens is 226 g/mol. The van der Waals surface area contributed by atoms with Crippen LogP contribution in [0.4, 0.5) is 0 Å². The normalized spacial score (nSPS) is 14.6. The summed E-state index contributed by atoms with van der Waals surface area (Å²) in [6, 6.07) is 8.15. The number of guanidine groups is 1. The highest BCUT2D eigenvalue weighted by Gasteiger charge is 2.01. The van der Waals surface area contributed by atoms with E-state index in [4.69, 9.17) is 4.74 Å². The Morgan fingerprint density at radius 1 is 1.33 bits per heavy atom. The fourth-order valence-electron chi connectivity index (χ4n) is 1.75. The first-order chi connectivity index (χ1) is 8.84. The lowest BCUT2D eigenvalue weighted by Crippen LogP contribution is -2.41. The number of nitrogens with zero attached hydrogens (tertiary/aromatic N) is 1. The van der Waals surface area contributed by atoms with E-state index >= 15 is 0 Å². The van der Waals surface area contributed by atoms with Gasteiger partial charge in [0.25, 0.3) is 0 Å². The first-order valence-corrected chi connectivity index (χ1v) is 6.56. The lowest BCUT2D eigenvalue weighted by Gasteiger charge is -2.15. The average Bonchev–Trinajstić information content (AvgIpc) is 2.42. The van der Waals surface area contributed by atoms with Crippen molar-refractivity contribution in [1.29, 1.82) is 0 Å². The molecule has 0 aliphatic carbocycles. The number of hydrogen-bond donors (Lipinski definition) is 2. The monoisotopic (exact) mass is 247 g/mol. The van der Waals surface area contributed by atoms with Crippen molar-refractivity contribution in [3.05, 3.63) is 29.8 Å². The molecule has 0 spiro atoms. The highest BCUT2D eigenvalue weighted by molar-refractivity contribution is 5.80. The van der Waals surface area contributed by atoms with Crippen LogP contribution in [-0.2, 0) is 0 Å². The van der Waals surface area contributed by atoms with Gasteiger partial charge in [-0.25, -0.2) is 0 Å². The molecule has 98 valence electrons. The predicted molar refractivity (Wildman–Crippen MR) is 74.2 cm³/mol. The molecule has 2 rings (SSSR count). The average molecular weight is 247 g/mol. The van der Waals surface area contributed by atoms with E-state index < -0.39 is 0 Å². The van der Waals surface area contributed by atoms with E-state index in [1.807, 2.05) is 12.1 Å². The van der Waals surface area contributed by atoms with Crippen LogP contribution in [0.2, 0.25) is 0 Å². The fraction of sp³-hybridized carbons (Fsp3) is 0.500. The molecule has 0 radical (unpaired) electrons. The highest BCUT2D eigenvalue weighted by Crippen LogP contribution is 2.11. The van der Waals surface area contributed by atoms with E-state index in [0.29, 0.717) is 0 Å². The Balaban J connectivity index is 1.58. The quantitative estimate of drug-likeness (QED) is 0.779. The molecule has 1 heterocycles. The van der Waals surface area contributed by atoms with Gasteiger partial charge in [-0.15, -0.1) is 0 Å². The summed E-state index contributed by atoms with van der Waals surface area (Å²) in [4.78, 5) is 4.35. The van der Waals surface area contributed by atoms with Crippen LogP contribution in [-0.4, -0.2) is 32.2 Å². The zero-order chi connectivity index (χ0) is 12.6. The second-order valence-corrected chi connectivity index (χ2v) is 4.45. The molecule has 4 nitrogen and oxygen atoms in total. The number of nitrogens with one attached hydrogen (secondary N) is 2. The molecule has 2 N–H and O–H groups in total. The zero-order valence-corrected chi connectivity index (χ0v) is 10.9. The van der Waals surface area contributed by atoms with Crippen molar-refractivity contribution in [3.63, 3.8) is 0 Å². The Morgan fingerprint density at radius 2 is 2.17 bits per heavy atom. The van der Waals surface area contributed by atoms with E-state index in [0.717, 1.165) is 50.8 Å². The minimum absolute atomic E-state index is 0.726. The SMILES string of the molecule is Cc1ccc(OCCCNC2=NCCCN2)cc1. The number of hydrogen-bond acceptors (Lipinski definition) is 4. The molecule has 1 aliphatic rings. The molecule has 0 atom stereocenters. The predicted octanol–water partition coefficient (Wildman–Crippen LogP) is 1.70. The molecule has 0 unspecified atom stereocenters. The number of rotatable bonds is 5. The molecule has 4 heteroatoms. The Kier molecular flexibility index (Phi) is 4.88. The first-order valence-electron chi connectivity index (χ1n) is 6.56. The Morgan fingerprint density at radius 3 is 2.89 bits per heavy atom. The summed E-state index contributed by atoms with van der Waals surface area (Å²) >= 11 is 0. The molecule has 1 aromatic carbocycles. The molecule has 1 aliphatic heterocycles. The third-order valence-corrected chi connectivity index (χ3v) is 2.80. The van der Waals surface area contributed by atoms with Crippen molar-refractivity contribution in [3.8, 4) is 5.75 Å². The number of ether oxygens (including phenoxy) is 1. The zero-order valence-electron chi connectivity index (χ0n) is 10.9. The Labute approximate surface area is 108 Å². The molecule has 0 bridgehead atoms. The van der Waals surface area contributed by atoms with Gasteiger partial charge in [-0.2, -0.15) is 0 Å². The van der Waals surface area contributed by atoms with Crippen LogP contribution >= 0.6 is 0 Å². The Hall–Kier alpha value is -1.71. The summed E-state index contributed by atoms with van der Waals surface area (Å²) in [7, 11) is 0. The van der Waals surface area contributed by atoms with E-state index in [1.54, 1.807) is 0 Å². The van der Waals surface area contributed by atoms with E-state index in [-0.39, 0.29) is 0 Å². The van der Waals surface area contributed by atoms with E-state index in [1.165, 1.54) is 5.56 Å². The number of benzene rings is 1. The van der Waals surface area contributed by atoms with Crippen LogP contribution in [0.1, 0.15) is 18.4 Å². The maximum absolute atomic E-state index is 5.65. The molecule has 1 aromatic rings. The third-order valence-electron chi connectivity index (χ3n) is 2.80. The lowest BCUT2D eigenvalue weighted by atomic mass is 10.2. The van der Waals surface area contributed by atoms with Gasteiger partial charge in [0.1, 0.15) is 5.75 Å². The van der Waals surface area contributed by atoms with Gasteiger partial charge >= 0.3 is 0 Å². The summed E-state index contributed by atoms with van der Waals surface area (Å²) in [5.41, 5.74) is 1.26. The van der Waals surface area contributed by atoms with Crippen molar-refractivity contribution in [2.45, 2.75) is 19.8 Å². The maximum atomic E-state index is 5.65. The third kappa shape index (κ3) is 4.28. The van der Waals surface area contributed by atoms with Gasteiger partial charge in [-0.1, -0.05) is 17.7 Å². The second-order valence-electron chi connectivity index (χ2n) is 4.45. The standard InChI is InChI=1S/C14H21N3O/c1-12-4-6-13(7-5-12)18-11-3-10-17-14-15-8-2-9-16-14/h4-7H,2-3,8-11H2,1H3,(H2,15,16,17). The van der Waals surface area contributed by atoms with Crippen LogP contribution in [0.15, 0.2) is 29.3 Å². The Bertz CT molecular complexity index is 387. The lowest BCUT2D eigenvalue weighted by molar-refractivity contribution is 0.311. The van der Waals surface area contributed by atoms with Gasteiger partial charge in [0.05, 0.1) is 6.61 Å². The van der Waals surface area contributed by atoms with Gasteiger partial charge in [0.15, 0.2) is 5.96 Å². The first kappa shape index (κ1) is 12.7. The van der Waals surface area contributed by atoms with Crippen molar-refractivity contribution in [2.75, 3.05) is 26.2 Å². The summed E-state index contributed by atoms with van der Waals surface area (Å²) in [5, 5.41) is 6.51. The van der Waals surface area contributed by atoms with Gasteiger partial charge in [0, 0.05) is 19.6 Å². The summed E-state index contributed by atoms with van der Waals surface area (Å²) < 4.78 is 5.65. The maximum Gasteiger partial charge on any atom is 0.191 e. The number of aryl methyl sites for hydroxylation is 1. The summed E-state index contributed by atoms with van der Waals surface area (Å²) in [6.45, 7) is 5.63. The van der Waals surface area contributed by atoms with E-state index in [9.17, 15) is 0 Å². The van der Waals surface area contributed by atoms with Crippen LogP contribution in [0.3, 0.4) is 0 Å². The van der Waals surface area contributed by atoms with E-state index in [2.05, 4.69) is 34.7 Å². The van der Waals surface area contributed by atoms with Crippen LogP contribution in [0.25, 0.3) is 0 Å². The largest absolute Gasteiger partial charge is 0.494 e. The van der Waals surface area contributed by atoms with Crippen molar-refractivity contribution in [1.82, 2.24) is 10.6 Å². The highest BCUT2D eigenvalue weighted by atomic mass is 16.5. The summed E-state index contributed by atoms with van der Waals surface area (Å²) in [6.07, 6.45) is 2.09. The topological polar surface area (TPSA) is 45.6 Å². The van der Waals surface area contributed by atoms with Gasteiger partial charge in [-0.3, -0.25) is 4.99 Å². The van der Waals surface area contributed by atoms with Crippen molar-refractivity contribution >= 4 is 5.96 Å². The number of aliphatic imine (C=N–C) groups is 1. The van der Waals surface area contributed by atoms with Gasteiger partial charge in [-0.05, 0) is 31.9 Å². The van der Waals surface area contributed by atoms with Gasteiger partial charge < -0.3 is 15.4 Å². The summed E-state index contributed by atoms with van der Waals surface area (Å²) in [5.74, 6) is 1.87. The molecule has 0 saturated carbocycles. The fourth-order valence-corrected chi connectivity index (χ4v) is 1.75. The van der Waals surface area contributed by atoms with Gasteiger partial charge in [0.2, 0.25) is 0 Å². The smallest absolute Gasteiger partial charge is 0.191 e. The van der Waals surface area contributed by atoms with Crippen molar-refractivity contribution < 1.29 is 4.74 Å². The molecular formula is C14H21N3O. The van der Waals surface area contributed by atoms with Crippen LogP contribution in [0.5, 0.6) is 5.75 Å². The molecule has 18 heavy (non-hydrogen) atoms. The van der Waals surface area contributed by atoms with Crippen LogP contribution in [0, 0.1) is 6.92 Å². The van der Waals surface area contributed by atoms with Crippen LogP contribution < -0.4 is 15.4 Å². The molecule has 0 saturated heterocycles. The molecule has 0 aromatic heterocycles. The molecule has 0 amide bonds. The van der Waals surface area contributed by atoms with Crippen molar-refractivity contribution in [2.24, 2.45) is 4.99 Å². The molecule has 0 fully saturated rings.